The molecule has 2 unspecified atom stereocenters. The molecule has 1 rings (SSSR count). The highest BCUT2D eigenvalue weighted by Gasteiger charge is 2.24. The van der Waals surface area contributed by atoms with Crippen LogP contribution in [0.15, 0.2) is 25.3 Å². The Morgan fingerprint density at radius 3 is 2.50 bits per heavy atom. The highest BCUT2D eigenvalue weighted by molar-refractivity contribution is 5.78. The fourth-order valence-corrected chi connectivity index (χ4v) is 2.52. The molecular weight excluding hydrogens is 226 g/mol. The molecule has 102 valence electrons. The monoisotopic (exact) mass is 251 g/mol. The molecule has 1 aliphatic rings. The van der Waals surface area contributed by atoms with Gasteiger partial charge in [-0.1, -0.05) is 19.1 Å². The van der Waals surface area contributed by atoms with Crippen molar-refractivity contribution in [1.82, 2.24) is 9.80 Å². The third-order valence-electron chi connectivity index (χ3n) is 3.18. The van der Waals surface area contributed by atoms with E-state index in [4.69, 9.17) is 5.73 Å². The lowest BCUT2D eigenvalue weighted by atomic mass is 9.96. The van der Waals surface area contributed by atoms with Gasteiger partial charge in [-0.05, 0) is 12.3 Å². The Bertz CT molecular complexity index is 283. The van der Waals surface area contributed by atoms with Crippen LogP contribution in [0.25, 0.3) is 0 Å². The molecule has 0 aliphatic carbocycles. The molecule has 18 heavy (non-hydrogen) atoms. The molecule has 0 aromatic heterocycles. The van der Waals surface area contributed by atoms with Gasteiger partial charge < -0.3 is 10.6 Å². The zero-order valence-corrected chi connectivity index (χ0v) is 11.3. The van der Waals surface area contributed by atoms with Gasteiger partial charge in [0, 0.05) is 32.2 Å². The Hall–Kier alpha value is -1.13. The number of likely N-dealkylation sites (tertiary alicyclic amines) is 1. The molecule has 1 saturated heterocycles. The quantitative estimate of drug-likeness (QED) is 0.712. The third kappa shape index (κ3) is 4.63. The molecule has 1 fully saturated rings. The van der Waals surface area contributed by atoms with E-state index in [1.807, 2.05) is 0 Å². The second-order valence-electron chi connectivity index (χ2n) is 5.17. The van der Waals surface area contributed by atoms with Gasteiger partial charge in [0.05, 0.1) is 6.54 Å². The number of nitrogens with zero attached hydrogens (tertiary/aromatic N) is 2. The van der Waals surface area contributed by atoms with Crippen LogP contribution >= 0.6 is 0 Å². The molecule has 0 saturated carbocycles. The van der Waals surface area contributed by atoms with Crippen LogP contribution in [0.2, 0.25) is 0 Å². The summed E-state index contributed by atoms with van der Waals surface area (Å²) in [5, 5.41) is 0. The molecule has 0 spiro atoms. The average molecular weight is 251 g/mol. The van der Waals surface area contributed by atoms with Gasteiger partial charge in [-0.3, -0.25) is 9.69 Å². The number of hydrogen-bond donors (Lipinski definition) is 1. The first kappa shape index (κ1) is 14.9. The summed E-state index contributed by atoms with van der Waals surface area (Å²) < 4.78 is 0. The predicted molar refractivity (Wildman–Crippen MR) is 75.2 cm³/mol. The van der Waals surface area contributed by atoms with Crippen molar-refractivity contribution in [3.8, 4) is 0 Å². The van der Waals surface area contributed by atoms with Gasteiger partial charge in [-0.25, -0.2) is 0 Å². The molecule has 1 heterocycles. The summed E-state index contributed by atoms with van der Waals surface area (Å²) in [6.45, 7) is 12.9. The average Bonchev–Trinajstić information content (AvgIpc) is 2.27. The van der Waals surface area contributed by atoms with E-state index in [2.05, 4.69) is 25.0 Å². The van der Waals surface area contributed by atoms with Crippen molar-refractivity contribution in [3.05, 3.63) is 25.3 Å². The standard InChI is InChI=1S/C14H25N3O/c1-4-6-17(7-5-2)14(18)11-16-9-12(3)8-13(15)10-16/h4-5,12-13H,1-2,6-11,15H2,3H3. The van der Waals surface area contributed by atoms with E-state index in [0.717, 1.165) is 19.5 Å². The van der Waals surface area contributed by atoms with Crippen LogP contribution in [0.1, 0.15) is 13.3 Å². The van der Waals surface area contributed by atoms with Crippen molar-refractivity contribution in [2.24, 2.45) is 11.7 Å². The molecule has 2 N–H and O–H groups in total. The van der Waals surface area contributed by atoms with Crippen molar-refractivity contribution >= 4 is 5.91 Å². The molecule has 1 aliphatic heterocycles. The summed E-state index contributed by atoms with van der Waals surface area (Å²) in [4.78, 5) is 16.1. The molecule has 4 nitrogen and oxygen atoms in total. The Labute approximate surface area is 110 Å². The summed E-state index contributed by atoms with van der Waals surface area (Å²) >= 11 is 0. The zero-order valence-electron chi connectivity index (χ0n) is 11.3. The van der Waals surface area contributed by atoms with E-state index in [1.54, 1.807) is 17.1 Å². The van der Waals surface area contributed by atoms with E-state index < -0.39 is 0 Å². The van der Waals surface area contributed by atoms with Gasteiger partial charge in [0.25, 0.3) is 0 Å². The molecule has 0 aromatic rings. The minimum absolute atomic E-state index is 0.121. The van der Waals surface area contributed by atoms with E-state index in [9.17, 15) is 4.79 Å². The van der Waals surface area contributed by atoms with Crippen LogP contribution in [-0.4, -0.2) is 54.5 Å². The largest absolute Gasteiger partial charge is 0.334 e. The second kappa shape index (κ2) is 7.34. The Morgan fingerprint density at radius 1 is 1.39 bits per heavy atom. The maximum atomic E-state index is 12.2. The van der Waals surface area contributed by atoms with Crippen LogP contribution in [0.4, 0.5) is 0 Å². The van der Waals surface area contributed by atoms with Crippen molar-refractivity contribution < 1.29 is 4.79 Å². The van der Waals surface area contributed by atoms with Gasteiger partial charge in [0.15, 0.2) is 0 Å². The molecule has 2 atom stereocenters. The Kier molecular flexibility index (Phi) is 6.09. The number of rotatable bonds is 6. The highest BCUT2D eigenvalue weighted by atomic mass is 16.2. The SMILES string of the molecule is C=CCN(CC=C)C(=O)CN1CC(C)CC(N)C1. The summed E-state index contributed by atoms with van der Waals surface area (Å²) in [7, 11) is 0. The van der Waals surface area contributed by atoms with Crippen LogP contribution in [0.3, 0.4) is 0 Å². The summed E-state index contributed by atoms with van der Waals surface area (Å²) in [6.07, 6.45) is 4.53. The summed E-state index contributed by atoms with van der Waals surface area (Å²) in [5.74, 6) is 0.685. The molecule has 1 amide bonds. The number of carbonyl (C=O) groups excluding carboxylic acids is 1. The van der Waals surface area contributed by atoms with Gasteiger partial charge in [-0.2, -0.15) is 0 Å². The molecular formula is C14H25N3O. The Balaban J connectivity index is 2.50. The first-order valence-electron chi connectivity index (χ1n) is 6.54. The third-order valence-corrected chi connectivity index (χ3v) is 3.18. The lowest BCUT2D eigenvalue weighted by Crippen LogP contribution is -2.50. The predicted octanol–water partition coefficient (Wildman–Crippen LogP) is 0.856. The first-order valence-corrected chi connectivity index (χ1v) is 6.54. The number of hydrogen-bond acceptors (Lipinski definition) is 3. The lowest BCUT2D eigenvalue weighted by molar-refractivity contribution is -0.131. The highest BCUT2D eigenvalue weighted by Crippen LogP contribution is 2.14. The van der Waals surface area contributed by atoms with Crippen LogP contribution in [0.5, 0.6) is 0 Å². The van der Waals surface area contributed by atoms with Crippen molar-refractivity contribution in [3.63, 3.8) is 0 Å². The first-order chi connectivity index (χ1) is 8.56. The maximum absolute atomic E-state index is 12.2. The van der Waals surface area contributed by atoms with E-state index >= 15 is 0 Å². The van der Waals surface area contributed by atoms with Gasteiger partial charge in [0.1, 0.15) is 0 Å². The van der Waals surface area contributed by atoms with Gasteiger partial charge in [-0.15, -0.1) is 13.2 Å². The molecule has 0 aromatic carbocycles. The maximum Gasteiger partial charge on any atom is 0.237 e. The van der Waals surface area contributed by atoms with Crippen LogP contribution in [0, 0.1) is 5.92 Å². The van der Waals surface area contributed by atoms with E-state index in [1.165, 1.54) is 0 Å². The Morgan fingerprint density at radius 2 is 2.00 bits per heavy atom. The molecule has 0 radical (unpaired) electrons. The smallest absolute Gasteiger partial charge is 0.237 e. The summed E-state index contributed by atoms with van der Waals surface area (Å²) in [5.41, 5.74) is 5.99. The fraction of sp³-hybridized carbons (Fsp3) is 0.643. The van der Waals surface area contributed by atoms with Gasteiger partial charge >= 0.3 is 0 Å². The number of nitrogens with two attached hydrogens (primary N) is 1. The zero-order chi connectivity index (χ0) is 13.5. The summed E-state index contributed by atoms with van der Waals surface area (Å²) in [6, 6.07) is 0.189. The second-order valence-corrected chi connectivity index (χ2v) is 5.17. The van der Waals surface area contributed by atoms with Crippen molar-refractivity contribution in [2.45, 2.75) is 19.4 Å². The van der Waals surface area contributed by atoms with Crippen molar-refractivity contribution in [2.75, 3.05) is 32.7 Å². The normalized spacial score (nSPS) is 24.6. The number of carbonyl (C=O) groups is 1. The lowest BCUT2D eigenvalue weighted by Gasteiger charge is -2.35. The fourth-order valence-electron chi connectivity index (χ4n) is 2.52. The van der Waals surface area contributed by atoms with Gasteiger partial charge in [0.2, 0.25) is 5.91 Å². The van der Waals surface area contributed by atoms with Crippen molar-refractivity contribution in [1.29, 1.82) is 0 Å². The van der Waals surface area contributed by atoms with Crippen LogP contribution < -0.4 is 5.73 Å². The molecule has 4 heteroatoms. The topological polar surface area (TPSA) is 49.6 Å². The minimum atomic E-state index is 0.121. The van der Waals surface area contributed by atoms with E-state index in [0.29, 0.717) is 25.6 Å². The number of amides is 1. The number of piperidine rings is 1. The van der Waals surface area contributed by atoms with Crippen LogP contribution in [-0.2, 0) is 4.79 Å². The minimum Gasteiger partial charge on any atom is -0.334 e. The molecule has 0 bridgehead atoms. The van der Waals surface area contributed by atoms with E-state index in [-0.39, 0.29) is 11.9 Å².